The van der Waals surface area contributed by atoms with Gasteiger partial charge < -0.3 is 25.0 Å². The van der Waals surface area contributed by atoms with Crippen molar-refractivity contribution >= 4 is 56.7 Å². The van der Waals surface area contributed by atoms with Gasteiger partial charge in [-0.25, -0.2) is 9.52 Å². The average molecular weight is 745 g/mol. The molecule has 3 aliphatic rings. The van der Waals surface area contributed by atoms with E-state index in [0.717, 1.165) is 45.8 Å². The third kappa shape index (κ3) is 8.28. The van der Waals surface area contributed by atoms with Gasteiger partial charge in [-0.05, 0) is 62.0 Å². The zero-order chi connectivity index (χ0) is 37.3. The predicted molar refractivity (Wildman–Crippen MR) is 193 cm³/mol. The first kappa shape index (κ1) is 38.3. The number of amides is 4. The highest BCUT2D eigenvalue weighted by Gasteiger charge is 2.61. The maximum Gasteiger partial charge on any atom is 0.408 e. The number of fused-ring (bicyclic) bond motifs is 1. The molecule has 0 spiro atoms. The second-order valence-electron chi connectivity index (χ2n) is 14.6. The summed E-state index contributed by atoms with van der Waals surface area (Å²) in [7, 11) is -1.61. The van der Waals surface area contributed by atoms with E-state index in [1.54, 1.807) is 44.8 Å². The molecule has 1 aromatic carbocycles. The molecule has 5 atom stereocenters. The van der Waals surface area contributed by atoms with Crippen LogP contribution in [-0.2, 0) is 29.3 Å². The third-order valence-electron chi connectivity index (χ3n) is 9.76. The Kier molecular flexibility index (Phi) is 11.3. The number of alkyl carbamates (subject to hydrolysis) is 1. The summed E-state index contributed by atoms with van der Waals surface area (Å²) >= 11 is 1.55. The number of benzene rings is 1. The second-order valence-corrected chi connectivity index (χ2v) is 17.4. The SMILES string of the molecule is C=C[C@@H]1C[C@]1(NC(=O)[C@@H]1C[C@@H](Oc2ccnc3c(SC)cccc23)CN1C(=O)[C@@H](NC(=O)OC1CCCC1)C(C)(C)C)C(=O)NS(=O)(=O)N(C)C. The maximum atomic E-state index is 14.5. The summed E-state index contributed by atoms with van der Waals surface area (Å²) in [5, 5.41) is 6.31. The summed E-state index contributed by atoms with van der Waals surface area (Å²) < 4.78 is 40.1. The van der Waals surface area contributed by atoms with E-state index in [2.05, 4.69) is 22.2 Å². The van der Waals surface area contributed by atoms with Crippen LogP contribution in [0.5, 0.6) is 5.75 Å². The number of rotatable bonds is 12. The lowest BCUT2D eigenvalue weighted by atomic mass is 9.85. The number of para-hydroxylation sites is 1. The summed E-state index contributed by atoms with van der Waals surface area (Å²) in [5.74, 6) is -2.11. The van der Waals surface area contributed by atoms with Crippen molar-refractivity contribution in [2.24, 2.45) is 11.3 Å². The molecule has 16 heteroatoms. The molecule has 4 amide bonds. The second kappa shape index (κ2) is 15.0. The van der Waals surface area contributed by atoms with Gasteiger partial charge >= 0.3 is 16.3 Å². The van der Waals surface area contributed by atoms with Gasteiger partial charge in [-0.2, -0.15) is 12.7 Å². The maximum absolute atomic E-state index is 14.5. The van der Waals surface area contributed by atoms with Crippen LogP contribution in [0.2, 0.25) is 0 Å². The average Bonchev–Trinajstić information content (AvgIpc) is 3.33. The van der Waals surface area contributed by atoms with Gasteiger partial charge in [-0.1, -0.05) is 32.9 Å². The molecule has 2 aromatic rings. The summed E-state index contributed by atoms with van der Waals surface area (Å²) in [6.45, 7) is 9.17. The molecule has 2 heterocycles. The Labute approximate surface area is 303 Å². The quantitative estimate of drug-likeness (QED) is 0.216. The Morgan fingerprint density at radius 1 is 1.14 bits per heavy atom. The number of pyridine rings is 1. The van der Waals surface area contributed by atoms with E-state index >= 15 is 0 Å². The number of carbonyl (C=O) groups is 4. The molecule has 14 nitrogen and oxygen atoms in total. The Bertz CT molecular complexity index is 1790. The summed E-state index contributed by atoms with van der Waals surface area (Å²) in [6, 6.07) is 5.28. The van der Waals surface area contributed by atoms with Crippen molar-refractivity contribution in [3.63, 3.8) is 0 Å². The monoisotopic (exact) mass is 744 g/mol. The Morgan fingerprint density at radius 2 is 1.84 bits per heavy atom. The van der Waals surface area contributed by atoms with Gasteiger partial charge in [0.15, 0.2) is 0 Å². The Balaban J connectivity index is 1.44. The molecule has 3 fully saturated rings. The van der Waals surface area contributed by atoms with Crippen LogP contribution in [-0.4, -0.2) is 103 Å². The first-order valence-electron chi connectivity index (χ1n) is 17.1. The first-order chi connectivity index (χ1) is 24.0. The minimum atomic E-state index is -4.16. The van der Waals surface area contributed by atoms with Crippen LogP contribution in [0.1, 0.15) is 59.3 Å². The number of aromatic nitrogens is 1. The molecule has 5 rings (SSSR count). The summed E-state index contributed by atoms with van der Waals surface area (Å²) in [5.41, 5.74) is -1.61. The molecule has 0 unspecified atom stereocenters. The number of carbonyl (C=O) groups excluding carboxylic acids is 4. The van der Waals surface area contributed by atoms with E-state index in [4.69, 9.17) is 9.47 Å². The van der Waals surface area contributed by atoms with Crippen LogP contribution in [0.25, 0.3) is 10.9 Å². The highest BCUT2D eigenvalue weighted by Crippen LogP contribution is 2.45. The van der Waals surface area contributed by atoms with Crippen molar-refractivity contribution in [3.8, 4) is 5.75 Å². The number of nitrogens with zero attached hydrogens (tertiary/aromatic N) is 3. The number of nitrogens with one attached hydrogen (secondary N) is 3. The van der Waals surface area contributed by atoms with Crippen molar-refractivity contribution in [2.45, 2.75) is 94.0 Å². The highest BCUT2D eigenvalue weighted by atomic mass is 32.2. The van der Waals surface area contributed by atoms with Crippen LogP contribution in [0.3, 0.4) is 0 Å². The van der Waals surface area contributed by atoms with E-state index in [1.165, 1.54) is 25.1 Å². The Hall–Kier alpha value is -3.89. The molecule has 2 saturated carbocycles. The van der Waals surface area contributed by atoms with E-state index < -0.39 is 69.1 Å². The van der Waals surface area contributed by atoms with Gasteiger partial charge in [0.05, 0.1) is 12.1 Å². The zero-order valence-corrected chi connectivity index (χ0v) is 31.6. The van der Waals surface area contributed by atoms with Crippen molar-refractivity contribution in [1.29, 1.82) is 0 Å². The van der Waals surface area contributed by atoms with Gasteiger partial charge in [-0.15, -0.1) is 18.3 Å². The molecule has 1 saturated heterocycles. The number of hydrogen-bond acceptors (Lipinski definition) is 10. The largest absolute Gasteiger partial charge is 0.488 e. The van der Waals surface area contributed by atoms with E-state index in [9.17, 15) is 27.6 Å². The van der Waals surface area contributed by atoms with Gasteiger partial charge in [0.25, 0.3) is 5.91 Å². The van der Waals surface area contributed by atoms with Gasteiger partial charge in [0.1, 0.15) is 35.6 Å². The normalized spacial score (nSPS) is 24.2. The molecule has 51 heavy (non-hydrogen) atoms. The van der Waals surface area contributed by atoms with Gasteiger partial charge in [-0.3, -0.25) is 19.4 Å². The predicted octanol–water partition coefficient (Wildman–Crippen LogP) is 3.37. The van der Waals surface area contributed by atoms with Crippen LogP contribution >= 0.6 is 11.8 Å². The fourth-order valence-electron chi connectivity index (χ4n) is 6.71. The summed E-state index contributed by atoms with van der Waals surface area (Å²) in [6.07, 6.45) is 7.11. The van der Waals surface area contributed by atoms with E-state index in [-0.39, 0.29) is 25.5 Å². The molecule has 1 aliphatic heterocycles. The standard InChI is InChI=1S/C35H48N6O8S2/c1-8-21-19-35(21,32(44)39-51(46,47)40(5)6)38-30(42)25-18-23(48-26-16-17-36-28-24(26)14-11-15-27(28)50-7)20-41(25)31(43)29(34(2,3)4)37-33(45)49-22-12-9-10-13-22/h8,11,14-17,21-23,25,29H,1,9-10,12-13,18-20H2,2-7H3,(H,37,45)(H,38,42)(H,39,44)/t21-,23-,25+,29-,35-/m1/s1. The van der Waals surface area contributed by atoms with E-state index in [0.29, 0.717) is 5.75 Å². The fraction of sp³-hybridized carbons (Fsp3) is 0.571. The third-order valence-corrected chi connectivity index (χ3v) is 11.9. The lowest BCUT2D eigenvalue weighted by molar-refractivity contribution is -0.143. The number of thioether (sulfide) groups is 1. The first-order valence-corrected chi connectivity index (χ1v) is 19.7. The van der Waals surface area contributed by atoms with Crippen LogP contribution < -0.4 is 20.1 Å². The smallest absolute Gasteiger partial charge is 0.408 e. The molecule has 0 bridgehead atoms. The zero-order valence-electron chi connectivity index (χ0n) is 29.9. The van der Waals surface area contributed by atoms with Crippen LogP contribution in [0, 0.1) is 11.3 Å². The van der Waals surface area contributed by atoms with E-state index in [1.807, 2.05) is 29.2 Å². The van der Waals surface area contributed by atoms with Crippen molar-refractivity contribution < 1.29 is 37.1 Å². The van der Waals surface area contributed by atoms with Crippen molar-refractivity contribution in [3.05, 3.63) is 43.1 Å². The van der Waals surface area contributed by atoms with Gasteiger partial charge in [0.2, 0.25) is 11.8 Å². The number of ether oxygens (including phenoxy) is 2. The lowest BCUT2D eigenvalue weighted by Gasteiger charge is -2.35. The minimum absolute atomic E-state index is 0.00597. The molecule has 1 aromatic heterocycles. The summed E-state index contributed by atoms with van der Waals surface area (Å²) in [4.78, 5) is 62.1. The molecule has 278 valence electrons. The van der Waals surface area contributed by atoms with Crippen molar-refractivity contribution in [2.75, 3.05) is 26.9 Å². The Morgan fingerprint density at radius 3 is 2.45 bits per heavy atom. The molecular weight excluding hydrogens is 697 g/mol. The van der Waals surface area contributed by atoms with Crippen LogP contribution in [0.15, 0.2) is 48.0 Å². The topological polar surface area (TPSA) is 176 Å². The lowest BCUT2D eigenvalue weighted by Crippen LogP contribution is -2.60. The molecule has 2 aliphatic carbocycles. The molecule has 3 N–H and O–H groups in total. The minimum Gasteiger partial charge on any atom is -0.488 e. The molecular formula is C35H48N6O8S2. The number of likely N-dealkylation sites (tertiary alicyclic amines) is 1. The van der Waals surface area contributed by atoms with Crippen molar-refractivity contribution in [1.82, 2.24) is 29.5 Å². The fourth-order valence-corrected chi connectivity index (χ4v) is 7.88. The van der Waals surface area contributed by atoms with Crippen LogP contribution in [0.4, 0.5) is 4.79 Å². The number of hydrogen-bond donors (Lipinski definition) is 3. The van der Waals surface area contributed by atoms with Gasteiger partial charge in [0, 0.05) is 42.9 Å². The molecule has 0 radical (unpaired) electrons. The highest BCUT2D eigenvalue weighted by molar-refractivity contribution is 7.98.